The number of ether oxygens (including phenoxy) is 5. The molecular formula is C33H42O16. The maximum absolute atomic E-state index is 12.7. The number of carbonyl (C=O) groups is 2. The molecule has 16 heteroatoms. The van der Waals surface area contributed by atoms with E-state index in [4.69, 9.17) is 39.0 Å². The van der Waals surface area contributed by atoms with E-state index in [1.54, 1.807) is 25.1 Å². The molecule has 1 fully saturated rings. The minimum atomic E-state index is -1.69. The lowest BCUT2D eigenvalue weighted by Gasteiger charge is -2.41. The summed E-state index contributed by atoms with van der Waals surface area (Å²) in [5.41, 5.74) is 1.74. The van der Waals surface area contributed by atoms with Gasteiger partial charge in [-0.25, -0.2) is 4.79 Å². The number of carbonyl (C=O) groups excluding carboxylic acids is 2. The summed E-state index contributed by atoms with van der Waals surface area (Å²) >= 11 is 0. The zero-order valence-electron chi connectivity index (χ0n) is 26.8. The molecule has 16 nitrogen and oxygen atoms in total. The third-order valence-corrected chi connectivity index (χ3v) is 7.73. The van der Waals surface area contributed by atoms with Crippen molar-refractivity contribution in [2.75, 3.05) is 26.9 Å². The minimum Gasteiger partial charge on any atom is -0.504 e. The summed E-state index contributed by atoms with van der Waals surface area (Å²) in [4.78, 5) is 25.1. The summed E-state index contributed by atoms with van der Waals surface area (Å²) in [5, 5.41) is 85.2. The molecule has 49 heavy (non-hydrogen) atoms. The van der Waals surface area contributed by atoms with Crippen molar-refractivity contribution in [3.63, 3.8) is 0 Å². The van der Waals surface area contributed by atoms with Gasteiger partial charge in [0.2, 0.25) is 6.29 Å². The lowest BCUT2D eigenvalue weighted by atomic mass is 9.86. The Morgan fingerprint density at radius 2 is 1.47 bits per heavy atom. The number of hydrogen-bond acceptors (Lipinski definition) is 16. The van der Waals surface area contributed by atoms with Crippen LogP contribution < -0.4 is 0 Å². The average Bonchev–Trinajstić information content (AvgIpc) is 3.08. The lowest BCUT2D eigenvalue weighted by molar-refractivity contribution is -0.327. The monoisotopic (exact) mass is 694 g/mol. The second-order valence-electron chi connectivity index (χ2n) is 11.0. The molecular weight excluding hydrogens is 652 g/mol. The van der Waals surface area contributed by atoms with Gasteiger partial charge in [-0.05, 0) is 48.7 Å². The minimum absolute atomic E-state index is 0.00894. The zero-order valence-corrected chi connectivity index (χ0v) is 26.8. The first-order chi connectivity index (χ1) is 23.3. The van der Waals surface area contributed by atoms with Crippen LogP contribution in [0.25, 0.3) is 0 Å². The van der Waals surface area contributed by atoms with Crippen LogP contribution in [0.4, 0.5) is 0 Å². The molecule has 2 aromatic carbocycles. The maximum Gasteiger partial charge on any atom is 0.337 e. The largest absolute Gasteiger partial charge is 0.504 e. The van der Waals surface area contributed by atoms with Crippen molar-refractivity contribution in [2.45, 2.75) is 63.2 Å². The van der Waals surface area contributed by atoms with Gasteiger partial charge in [0.25, 0.3) is 0 Å². The van der Waals surface area contributed by atoms with Crippen molar-refractivity contribution >= 4 is 11.9 Å². The van der Waals surface area contributed by atoms with Crippen molar-refractivity contribution in [3.05, 3.63) is 71.0 Å². The summed E-state index contributed by atoms with van der Waals surface area (Å²) in [6.45, 7) is 0.958. The Kier molecular flexibility index (Phi) is 14.6. The van der Waals surface area contributed by atoms with Crippen molar-refractivity contribution in [3.8, 4) is 23.0 Å². The van der Waals surface area contributed by atoms with Gasteiger partial charge < -0.3 is 69.6 Å². The van der Waals surface area contributed by atoms with Crippen LogP contribution in [0.15, 0.2) is 59.9 Å². The van der Waals surface area contributed by atoms with Gasteiger partial charge in [0.05, 0.1) is 38.6 Å². The molecule has 270 valence electrons. The highest BCUT2D eigenvalue weighted by atomic mass is 16.8. The SMILES string of the molecule is C/C=C1/[C@H](O[C@@H]2O[C@H](CO)[C@@H](O)[C@H](O)[C@H]2O)OC=C(C(=O)OC)[C@H]1CC(=O)OCCc1ccc(O)c(O)c1.OCCc1ccc(O)c(O)c1. The number of aliphatic hydroxyl groups excluding tert-OH is 5. The van der Waals surface area contributed by atoms with E-state index in [0.717, 1.165) is 18.9 Å². The number of aromatic hydroxyl groups is 4. The first kappa shape index (κ1) is 39.0. The van der Waals surface area contributed by atoms with Crippen molar-refractivity contribution in [1.82, 2.24) is 0 Å². The molecule has 0 saturated carbocycles. The highest BCUT2D eigenvalue weighted by molar-refractivity contribution is 5.90. The molecule has 0 spiro atoms. The number of phenolic OH excluding ortho intramolecular Hbond substituents is 4. The van der Waals surface area contributed by atoms with Crippen LogP contribution in [-0.2, 0) is 46.1 Å². The Bertz CT molecular complexity index is 1470. The summed E-state index contributed by atoms with van der Waals surface area (Å²) < 4.78 is 26.7. The number of hydrogen-bond donors (Lipinski definition) is 9. The number of benzene rings is 2. The second-order valence-corrected chi connectivity index (χ2v) is 11.0. The number of methoxy groups -OCH3 is 1. The van der Waals surface area contributed by atoms with Gasteiger partial charge in [0.1, 0.15) is 24.4 Å². The molecule has 0 radical (unpaired) electrons. The predicted octanol–water partition coefficient (Wildman–Crippen LogP) is -0.00160. The van der Waals surface area contributed by atoms with Gasteiger partial charge in [-0.2, -0.15) is 0 Å². The molecule has 1 saturated heterocycles. The molecule has 0 aliphatic carbocycles. The van der Waals surface area contributed by atoms with Crippen LogP contribution in [0.1, 0.15) is 24.5 Å². The van der Waals surface area contributed by atoms with E-state index < -0.39 is 61.5 Å². The molecule has 0 amide bonds. The highest BCUT2D eigenvalue weighted by Crippen LogP contribution is 2.36. The van der Waals surface area contributed by atoms with E-state index in [0.29, 0.717) is 17.6 Å². The van der Waals surface area contributed by atoms with Crippen molar-refractivity contribution in [1.29, 1.82) is 0 Å². The Labute approximate surface area is 281 Å². The number of aliphatic hydroxyl groups is 5. The van der Waals surface area contributed by atoms with E-state index in [2.05, 4.69) is 0 Å². The first-order valence-corrected chi connectivity index (χ1v) is 15.2. The molecule has 0 bridgehead atoms. The normalized spacial score (nSPS) is 25.7. The van der Waals surface area contributed by atoms with Crippen LogP contribution in [0.2, 0.25) is 0 Å². The summed E-state index contributed by atoms with van der Waals surface area (Å²) in [7, 11) is 1.16. The van der Waals surface area contributed by atoms with Crippen molar-refractivity contribution < 1.29 is 79.2 Å². The van der Waals surface area contributed by atoms with Crippen LogP contribution in [-0.4, -0.2) is 122 Å². The Morgan fingerprint density at radius 3 is 2.00 bits per heavy atom. The van der Waals surface area contributed by atoms with Gasteiger partial charge >= 0.3 is 11.9 Å². The molecule has 0 unspecified atom stereocenters. The van der Waals surface area contributed by atoms with Gasteiger partial charge in [-0.3, -0.25) is 4.79 Å². The number of esters is 2. The molecule has 2 heterocycles. The Morgan fingerprint density at radius 1 is 0.857 bits per heavy atom. The molecule has 7 atom stereocenters. The molecule has 0 aromatic heterocycles. The van der Waals surface area contributed by atoms with E-state index >= 15 is 0 Å². The number of phenols is 4. The Balaban J connectivity index is 0.000000501. The molecule has 2 aromatic rings. The van der Waals surface area contributed by atoms with Gasteiger partial charge in [-0.15, -0.1) is 0 Å². The predicted molar refractivity (Wildman–Crippen MR) is 167 cm³/mol. The van der Waals surface area contributed by atoms with E-state index in [-0.39, 0.29) is 54.6 Å². The Hall–Kier alpha value is -4.42. The second kappa shape index (κ2) is 18.4. The third kappa shape index (κ3) is 10.3. The molecule has 9 N–H and O–H groups in total. The molecule has 2 aliphatic rings. The fourth-order valence-electron chi connectivity index (χ4n) is 5.01. The highest BCUT2D eigenvalue weighted by Gasteiger charge is 2.47. The topological polar surface area (TPSA) is 262 Å². The fourth-order valence-corrected chi connectivity index (χ4v) is 5.01. The van der Waals surface area contributed by atoms with Crippen LogP contribution >= 0.6 is 0 Å². The van der Waals surface area contributed by atoms with Crippen LogP contribution in [0, 0.1) is 5.92 Å². The third-order valence-electron chi connectivity index (χ3n) is 7.73. The summed E-state index contributed by atoms with van der Waals surface area (Å²) in [6.07, 6.45) is -5.90. The molecule has 4 rings (SSSR count). The van der Waals surface area contributed by atoms with Gasteiger partial charge in [0.15, 0.2) is 29.3 Å². The van der Waals surface area contributed by atoms with Crippen molar-refractivity contribution in [2.24, 2.45) is 5.92 Å². The van der Waals surface area contributed by atoms with Gasteiger partial charge in [0, 0.05) is 24.5 Å². The maximum atomic E-state index is 12.7. The number of allylic oxidation sites excluding steroid dienone is 1. The molecule has 2 aliphatic heterocycles. The average molecular weight is 695 g/mol. The van der Waals surface area contributed by atoms with Crippen LogP contribution in [0.3, 0.4) is 0 Å². The van der Waals surface area contributed by atoms with E-state index in [1.165, 1.54) is 24.3 Å². The smallest absolute Gasteiger partial charge is 0.337 e. The summed E-state index contributed by atoms with van der Waals surface area (Å²) in [5.74, 6) is -3.17. The number of rotatable bonds is 11. The van der Waals surface area contributed by atoms with E-state index in [1.807, 2.05) is 0 Å². The quantitative estimate of drug-likeness (QED) is 0.0851. The van der Waals surface area contributed by atoms with E-state index in [9.17, 15) is 40.2 Å². The fraction of sp³-hybridized carbons (Fsp3) is 0.455. The van der Waals surface area contributed by atoms with Gasteiger partial charge in [-0.1, -0.05) is 18.2 Å². The standard InChI is InChI=1S/C25H32O13.C8H10O3/c1-3-13-14(9-19(29)35-7-6-12-4-5-16(27)17(28)8-12)15(23(33)34-2)11-36-24(13)38-25-22(32)21(31)20(30)18(10-26)37-25;9-4-3-6-1-2-7(10)8(11)5-6/h3-5,8,11,14,18,20-22,24-28,30-32H,6-7,9-10H2,1-2H3;1-2,5,9-11H,3-4H2/b13-3+;/t14-,18+,20+,21-,22+,24-,25-;/m0./s1. The first-order valence-electron chi connectivity index (χ1n) is 15.2. The zero-order chi connectivity index (χ0) is 36.2. The van der Waals surface area contributed by atoms with Crippen LogP contribution in [0.5, 0.6) is 23.0 Å². The summed E-state index contributed by atoms with van der Waals surface area (Å²) in [6, 6.07) is 8.73. The lowest BCUT2D eigenvalue weighted by Crippen LogP contribution is -2.60.